The molecule has 1 atom stereocenters. The van der Waals surface area contributed by atoms with Crippen molar-refractivity contribution in [3.05, 3.63) is 68.1 Å². The number of benzene rings is 2. The molecule has 26 heavy (non-hydrogen) atoms. The van der Waals surface area contributed by atoms with Gasteiger partial charge in [0.15, 0.2) is 0 Å². The molecule has 0 aliphatic heterocycles. The predicted molar refractivity (Wildman–Crippen MR) is 99.5 cm³/mol. The van der Waals surface area contributed by atoms with Gasteiger partial charge in [0.2, 0.25) is 0 Å². The summed E-state index contributed by atoms with van der Waals surface area (Å²) in [5, 5.41) is 17.6. The first-order valence-corrected chi connectivity index (χ1v) is 8.39. The van der Waals surface area contributed by atoms with Crippen LogP contribution in [-0.2, 0) is 11.2 Å². The number of carbonyl (C=O) groups is 1. The topological polar surface area (TPSA) is 92.3 Å². The number of rotatable bonds is 5. The summed E-state index contributed by atoms with van der Waals surface area (Å²) in [6.07, 6.45) is 0.145. The summed E-state index contributed by atoms with van der Waals surface area (Å²) >= 11 is 11.9. The van der Waals surface area contributed by atoms with Gasteiger partial charge in [-0.05, 0) is 42.3 Å². The van der Waals surface area contributed by atoms with Gasteiger partial charge in [0.25, 0.3) is 5.56 Å². The first-order chi connectivity index (χ1) is 12.4. The number of hydrogen-bond acceptors (Lipinski definition) is 4. The van der Waals surface area contributed by atoms with Gasteiger partial charge in [-0.2, -0.15) is 5.10 Å². The summed E-state index contributed by atoms with van der Waals surface area (Å²) in [4.78, 5) is 24.0. The van der Waals surface area contributed by atoms with Gasteiger partial charge in [-0.15, -0.1) is 0 Å². The van der Waals surface area contributed by atoms with E-state index in [0.29, 0.717) is 32.1 Å². The zero-order valence-electron chi connectivity index (χ0n) is 13.6. The largest absolute Gasteiger partial charge is 0.497 e. The number of aromatic amines is 1. The molecule has 0 amide bonds. The highest BCUT2D eigenvalue weighted by molar-refractivity contribution is 6.42. The third-order valence-electron chi connectivity index (χ3n) is 4.08. The SMILES string of the molecule is COc1ccc2c(C(Cc3ccc(Cl)c(Cl)c3)C(=O)O)n[nH]c(=O)c2c1. The number of fused-ring (bicyclic) bond motifs is 1. The number of hydrogen-bond donors (Lipinski definition) is 2. The quantitative estimate of drug-likeness (QED) is 0.691. The number of ether oxygens (including phenoxy) is 1. The van der Waals surface area contributed by atoms with Crippen molar-refractivity contribution >= 4 is 39.9 Å². The van der Waals surface area contributed by atoms with Crippen LogP contribution in [-0.4, -0.2) is 28.4 Å². The van der Waals surface area contributed by atoms with Crippen molar-refractivity contribution in [1.82, 2.24) is 10.2 Å². The maximum Gasteiger partial charge on any atom is 0.313 e. The minimum atomic E-state index is -1.06. The fourth-order valence-corrected chi connectivity index (χ4v) is 3.08. The van der Waals surface area contributed by atoms with Gasteiger partial charge in [0, 0.05) is 5.39 Å². The molecule has 1 aromatic heterocycles. The lowest BCUT2D eigenvalue weighted by Gasteiger charge is -2.14. The molecule has 1 heterocycles. The minimum absolute atomic E-state index is 0.145. The van der Waals surface area contributed by atoms with Crippen LogP contribution in [0.5, 0.6) is 5.75 Å². The standard InChI is InChI=1S/C18H14Cl2N2O4/c1-26-10-3-4-11-12(8-10)17(23)22-21-16(11)13(18(24)25)6-9-2-5-14(19)15(20)7-9/h2-5,7-8,13H,6H2,1H3,(H,22,23)(H,24,25). The van der Waals surface area contributed by atoms with E-state index in [1.165, 1.54) is 7.11 Å². The molecule has 1 unspecified atom stereocenters. The van der Waals surface area contributed by atoms with E-state index in [2.05, 4.69) is 10.2 Å². The molecule has 0 saturated heterocycles. The summed E-state index contributed by atoms with van der Waals surface area (Å²) < 4.78 is 5.13. The fourth-order valence-electron chi connectivity index (χ4n) is 2.76. The van der Waals surface area contributed by atoms with E-state index in [1.54, 1.807) is 36.4 Å². The van der Waals surface area contributed by atoms with Gasteiger partial charge in [0.1, 0.15) is 11.7 Å². The summed E-state index contributed by atoms with van der Waals surface area (Å²) in [6, 6.07) is 9.79. The highest BCUT2D eigenvalue weighted by Crippen LogP contribution is 2.29. The van der Waals surface area contributed by atoms with Gasteiger partial charge in [-0.3, -0.25) is 9.59 Å². The normalized spacial score (nSPS) is 12.1. The summed E-state index contributed by atoms with van der Waals surface area (Å²) in [7, 11) is 1.49. The van der Waals surface area contributed by atoms with E-state index in [1.807, 2.05) is 0 Å². The average Bonchev–Trinajstić information content (AvgIpc) is 2.63. The minimum Gasteiger partial charge on any atom is -0.497 e. The summed E-state index contributed by atoms with van der Waals surface area (Å²) in [5.74, 6) is -1.54. The average molecular weight is 393 g/mol. The Balaban J connectivity index is 2.11. The molecule has 6 nitrogen and oxygen atoms in total. The van der Waals surface area contributed by atoms with Gasteiger partial charge >= 0.3 is 5.97 Å². The molecule has 3 aromatic rings. The van der Waals surface area contributed by atoms with E-state index >= 15 is 0 Å². The number of halogens is 2. The van der Waals surface area contributed by atoms with Crippen molar-refractivity contribution in [3.63, 3.8) is 0 Å². The van der Waals surface area contributed by atoms with Crippen LogP contribution in [0.4, 0.5) is 0 Å². The van der Waals surface area contributed by atoms with Crippen LogP contribution in [0, 0.1) is 0 Å². The summed E-state index contributed by atoms with van der Waals surface area (Å²) in [6.45, 7) is 0. The molecule has 8 heteroatoms. The molecule has 2 aromatic carbocycles. The first-order valence-electron chi connectivity index (χ1n) is 7.63. The lowest BCUT2D eigenvalue weighted by Crippen LogP contribution is -2.20. The molecule has 0 aliphatic carbocycles. The zero-order chi connectivity index (χ0) is 18.8. The maximum absolute atomic E-state index is 12.1. The van der Waals surface area contributed by atoms with Crippen molar-refractivity contribution < 1.29 is 14.6 Å². The van der Waals surface area contributed by atoms with Gasteiger partial charge in [0.05, 0.1) is 28.2 Å². The Morgan fingerprint density at radius 3 is 2.62 bits per heavy atom. The lowest BCUT2D eigenvalue weighted by atomic mass is 9.93. The van der Waals surface area contributed by atoms with Gasteiger partial charge in [-0.1, -0.05) is 29.3 Å². The van der Waals surface area contributed by atoms with E-state index in [-0.39, 0.29) is 12.1 Å². The van der Waals surface area contributed by atoms with Crippen LogP contribution in [0.15, 0.2) is 41.2 Å². The van der Waals surface area contributed by atoms with E-state index in [0.717, 1.165) is 0 Å². The smallest absolute Gasteiger partial charge is 0.313 e. The Kier molecular flexibility index (Phi) is 5.15. The Morgan fingerprint density at radius 1 is 1.19 bits per heavy atom. The van der Waals surface area contributed by atoms with Crippen molar-refractivity contribution in [3.8, 4) is 5.75 Å². The van der Waals surface area contributed by atoms with Crippen LogP contribution in [0.2, 0.25) is 10.0 Å². The number of nitrogens with one attached hydrogen (secondary N) is 1. The molecule has 134 valence electrons. The van der Waals surface area contributed by atoms with Crippen LogP contribution >= 0.6 is 23.2 Å². The van der Waals surface area contributed by atoms with Crippen molar-refractivity contribution in [2.24, 2.45) is 0 Å². The number of methoxy groups -OCH3 is 1. The third kappa shape index (κ3) is 3.52. The van der Waals surface area contributed by atoms with Gasteiger partial charge in [-0.25, -0.2) is 5.10 Å². The molecular formula is C18H14Cl2N2O4. The molecular weight excluding hydrogens is 379 g/mol. The van der Waals surface area contributed by atoms with Crippen molar-refractivity contribution in [1.29, 1.82) is 0 Å². The molecule has 3 rings (SSSR count). The summed E-state index contributed by atoms with van der Waals surface area (Å²) in [5.41, 5.74) is 0.545. The molecule has 0 bridgehead atoms. The van der Waals surface area contributed by atoms with Crippen LogP contribution in [0.3, 0.4) is 0 Å². The highest BCUT2D eigenvalue weighted by Gasteiger charge is 2.25. The second-order valence-electron chi connectivity index (χ2n) is 5.69. The number of nitrogens with zero attached hydrogens (tertiary/aromatic N) is 1. The Morgan fingerprint density at radius 2 is 1.96 bits per heavy atom. The molecule has 0 fully saturated rings. The molecule has 2 N–H and O–H groups in total. The van der Waals surface area contributed by atoms with Crippen LogP contribution < -0.4 is 10.3 Å². The second kappa shape index (κ2) is 7.35. The Labute approximate surface area is 158 Å². The predicted octanol–water partition coefficient (Wildman–Crippen LogP) is 3.65. The third-order valence-corrected chi connectivity index (χ3v) is 4.82. The number of aliphatic carboxylic acids is 1. The van der Waals surface area contributed by atoms with E-state index < -0.39 is 17.4 Å². The first kappa shape index (κ1) is 18.2. The maximum atomic E-state index is 12.1. The zero-order valence-corrected chi connectivity index (χ0v) is 15.1. The van der Waals surface area contributed by atoms with Crippen molar-refractivity contribution in [2.75, 3.05) is 7.11 Å². The van der Waals surface area contributed by atoms with Crippen LogP contribution in [0.1, 0.15) is 17.2 Å². The number of H-pyrrole nitrogens is 1. The molecule has 0 spiro atoms. The monoisotopic (exact) mass is 392 g/mol. The number of carboxylic acid groups (broad SMARTS) is 1. The Bertz CT molecular complexity index is 1050. The van der Waals surface area contributed by atoms with E-state index in [9.17, 15) is 14.7 Å². The second-order valence-corrected chi connectivity index (χ2v) is 6.51. The Hall–Kier alpha value is -2.57. The van der Waals surface area contributed by atoms with Crippen LogP contribution in [0.25, 0.3) is 10.8 Å². The molecule has 0 aliphatic rings. The van der Waals surface area contributed by atoms with Crippen molar-refractivity contribution in [2.45, 2.75) is 12.3 Å². The highest BCUT2D eigenvalue weighted by atomic mass is 35.5. The van der Waals surface area contributed by atoms with Gasteiger partial charge < -0.3 is 9.84 Å². The number of carboxylic acids is 1. The molecule has 0 radical (unpaired) electrons. The number of aromatic nitrogens is 2. The van der Waals surface area contributed by atoms with E-state index in [4.69, 9.17) is 27.9 Å². The molecule has 0 saturated carbocycles. The fraction of sp³-hybridized carbons (Fsp3) is 0.167. The lowest BCUT2D eigenvalue weighted by molar-refractivity contribution is -0.138.